The predicted molar refractivity (Wildman–Crippen MR) is 165 cm³/mol. The van der Waals surface area contributed by atoms with E-state index in [1.54, 1.807) is 29.1 Å². The number of nitrogens with zero attached hydrogens (tertiary/aromatic N) is 5. The summed E-state index contributed by atoms with van der Waals surface area (Å²) in [5.74, 6) is -0.0918. The van der Waals surface area contributed by atoms with Crippen LogP contribution < -0.4 is 11.1 Å². The van der Waals surface area contributed by atoms with Crippen molar-refractivity contribution in [2.24, 2.45) is 5.41 Å². The minimum absolute atomic E-state index is 0.155. The molecule has 1 aromatic carbocycles. The number of pyridine rings is 1. The van der Waals surface area contributed by atoms with Crippen LogP contribution >= 0.6 is 0 Å². The van der Waals surface area contributed by atoms with E-state index in [0.717, 1.165) is 37.8 Å². The fourth-order valence-corrected chi connectivity index (χ4v) is 6.70. The van der Waals surface area contributed by atoms with E-state index in [2.05, 4.69) is 20.2 Å². The molecule has 45 heavy (non-hydrogen) atoms. The Balaban J connectivity index is 1.14. The summed E-state index contributed by atoms with van der Waals surface area (Å²) in [6.07, 6.45) is 9.69. The van der Waals surface area contributed by atoms with E-state index in [4.69, 9.17) is 15.5 Å². The molecule has 2 aliphatic carbocycles. The molecular weight excluding hydrogens is 577 g/mol. The molecule has 7 rings (SSSR count). The number of aromatic nitrogens is 4. The number of carboxylic acids is 1. The number of carbonyl (C=O) groups is 2. The minimum atomic E-state index is -0.736. The topological polar surface area (TPSA) is 148 Å². The maximum Gasteiger partial charge on any atom is 0.309 e. The highest BCUT2D eigenvalue weighted by Crippen LogP contribution is 2.41. The Hall–Kier alpha value is -4.42. The van der Waals surface area contributed by atoms with E-state index in [1.807, 2.05) is 19.1 Å². The van der Waals surface area contributed by atoms with Crippen molar-refractivity contribution in [1.29, 1.82) is 0 Å². The first-order chi connectivity index (χ1) is 21.7. The number of rotatable bonds is 7. The van der Waals surface area contributed by atoms with Crippen molar-refractivity contribution < 1.29 is 23.8 Å². The van der Waals surface area contributed by atoms with Crippen LogP contribution in [0.1, 0.15) is 79.2 Å². The SMILES string of the molecule is CC1(C(=O)O)CCC(N2CCO[C@@H](c3nc(-c4ccc(C(=O)Nc5cc(C6CC6)ccn5)cc4F)c4c(N)nccn34)C2)CC1. The second kappa shape index (κ2) is 11.5. The van der Waals surface area contributed by atoms with Gasteiger partial charge in [0.05, 0.1) is 12.0 Å². The predicted octanol–water partition coefficient (Wildman–Crippen LogP) is 5.05. The Kier molecular flexibility index (Phi) is 7.49. The number of nitrogens with two attached hydrogens (primary N) is 1. The third-order valence-electron chi connectivity index (χ3n) is 9.65. The first-order valence-corrected chi connectivity index (χ1v) is 15.5. The summed E-state index contributed by atoms with van der Waals surface area (Å²) in [6.45, 7) is 3.61. The number of morpholine rings is 1. The normalized spacial score (nSPS) is 24.0. The van der Waals surface area contributed by atoms with Gasteiger partial charge in [0.1, 0.15) is 40.6 Å². The summed E-state index contributed by atoms with van der Waals surface area (Å²) < 4.78 is 23.8. The average molecular weight is 614 g/mol. The third-order valence-corrected chi connectivity index (χ3v) is 9.65. The van der Waals surface area contributed by atoms with E-state index >= 15 is 4.39 Å². The molecule has 1 atom stereocenters. The number of nitrogens with one attached hydrogen (secondary N) is 1. The lowest BCUT2D eigenvalue weighted by molar-refractivity contribution is -0.151. The summed E-state index contributed by atoms with van der Waals surface area (Å²) in [5.41, 5.74) is 7.90. The van der Waals surface area contributed by atoms with Crippen molar-refractivity contribution in [2.75, 3.05) is 30.7 Å². The van der Waals surface area contributed by atoms with E-state index in [1.165, 1.54) is 12.1 Å². The van der Waals surface area contributed by atoms with Crippen molar-refractivity contribution in [3.63, 3.8) is 0 Å². The molecule has 4 N–H and O–H groups in total. The van der Waals surface area contributed by atoms with Gasteiger partial charge in [0, 0.05) is 48.8 Å². The number of carbonyl (C=O) groups excluding carboxylic acids is 1. The number of benzene rings is 1. The maximum absolute atomic E-state index is 15.8. The smallest absolute Gasteiger partial charge is 0.309 e. The Morgan fingerprint density at radius 2 is 1.91 bits per heavy atom. The minimum Gasteiger partial charge on any atom is -0.481 e. The Morgan fingerprint density at radius 1 is 1.11 bits per heavy atom. The highest BCUT2D eigenvalue weighted by molar-refractivity contribution is 6.04. The summed E-state index contributed by atoms with van der Waals surface area (Å²) in [5, 5.41) is 12.4. The highest BCUT2D eigenvalue weighted by Gasteiger charge is 2.40. The number of nitrogen functional groups attached to an aromatic ring is 1. The molecule has 0 spiro atoms. The van der Waals surface area contributed by atoms with Gasteiger partial charge >= 0.3 is 5.97 Å². The van der Waals surface area contributed by atoms with Gasteiger partial charge in [-0.15, -0.1) is 0 Å². The van der Waals surface area contributed by atoms with Crippen LogP contribution in [-0.4, -0.2) is 67.0 Å². The van der Waals surface area contributed by atoms with Gasteiger partial charge in [-0.25, -0.2) is 19.3 Å². The lowest BCUT2D eigenvalue weighted by Crippen LogP contribution is -2.48. The maximum atomic E-state index is 15.8. The summed E-state index contributed by atoms with van der Waals surface area (Å²) in [7, 11) is 0. The second-order valence-electron chi connectivity index (χ2n) is 12.7. The van der Waals surface area contributed by atoms with E-state index in [9.17, 15) is 14.7 Å². The molecule has 0 bridgehead atoms. The zero-order chi connectivity index (χ0) is 31.3. The largest absolute Gasteiger partial charge is 0.481 e. The van der Waals surface area contributed by atoms with Crippen LogP contribution in [0.25, 0.3) is 16.8 Å². The van der Waals surface area contributed by atoms with Crippen LogP contribution in [0.5, 0.6) is 0 Å². The number of carboxylic acid groups (broad SMARTS) is 1. The molecule has 0 unspecified atom stereocenters. The molecule has 4 heterocycles. The number of imidazole rings is 1. The van der Waals surface area contributed by atoms with Gasteiger partial charge < -0.3 is 20.9 Å². The summed E-state index contributed by atoms with van der Waals surface area (Å²) in [6, 6.07) is 8.36. The standard InChI is InChI=1S/C33H36FN7O4/c1-33(32(43)44)9-6-22(7-10-33)40-14-15-45-25(18-40)30-39-27(28-29(35)37-12-13-41(28)30)23-5-4-21(16-24(23)34)31(42)38-26-17-20(8-11-36-26)19-2-3-19/h4-5,8,11-13,16-17,19,22,25H,2-3,6-7,9-10,14-15,18H2,1H3,(H2,35,37)(H,43,44)(H,36,38,42)/t22?,25-,33?/m1/s1. The van der Waals surface area contributed by atoms with Crippen LogP contribution in [0.2, 0.25) is 0 Å². The average Bonchev–Trinajstić information content (AvgIpc) is 3.82. The number of amides is 1. The molecular formula is C33H36FN7O4. The van der Waals surface area contributed by atoms with Crippen molar-refractivity contribution in [3.05, 3.63) is 71.7 Å². The number of aliphatic carboxylic acids is 1. The summed E-state index contributed by atoms with van der Waals surface area (Å²) >= 11 is 0. The zero-order valence-corrected chi connectivity index (χ0v) is 25.1. The molecule has 234 valence electrons. The number of hydrogen-bond acceptors (Lipinski definition) is 8. The fraction of sp³-hybridized carbons (Fsp3) is 0.424. The molecule has 1 aliphatic heterocycles. The van der Waals surface area contributed by atoms with Gasteiger partial charge in [0.25, 0.3) is 5.91 Å². The Labute approximate surface area is 259 Å². The number of halogens is 1. The quantitative estimate of drug-likeness (QED) is 0.260. The second-order valence-corrected chi connectivity index (χ2v) is 12.7. The number of fused-ring (bicyclic) bond motifs is 1. The van der Waals surface area contributed by atoms with Crippen LogP contribution in [0.15, 0.2) is 48.9 Å². The Morgan fingerprint density at radius 3 is 2.64 bits per heavy atom. The van der Waals surface area contributed by atoms with Gasteiger partial charge in [0.15, 0.2) is 0 Å². The van der Waals surface area contributed by atoms with E-state index < -0.39 is 29.2 Å². The summed E-state index contributed by atoms with van der Waals surface area (Å²) in [4.78, 5) is 40.4. The van der Waals surface area contributed by atoms with Crippen LogP contribution in [0, 0.1) is 11.2 Å². The lowest BCUT2D eigenvalue weighted by Gasteiger charge is -2.42. The number of hydrogen-bond donors (Lipinski definition) is 3. The van der Waals surface area contributed by atoms with Gasteiger partial charge in [-0.3, -0.25) is 18.9 Å². The van der Waals surface area contributed by atoms with Crippen LogP contribution in [-0.2, 0) is 9.53 Å². The van der Waals surface area contributed by atoms with Crippen molar-refractivity contribution in [2.45, 2.75) is 63.5 Å². The Bertz CT molecular complexity index is 1780. The molecule has 4 aromatic rings. The molecule has 3 aromatic heterocycles. The molecule has 0 radical (unpaired) electrons. The molecule has 12 heteroatoms. The first-order valence-electron chi connectivity index (χ1n) is 15.5. The van der Waals surface area contributed by atoms with E-state index in [-0.39, 0.29) is 23.0 Å². The molecule has 1 amide bonds. The zero-order valence-electron chi connectivity index (χ0n) is 25.1. The van der Waals surface area contributed by atoms with Crippen LogP contribution in [0.4, 0.5) is 16.0 Å². The van der Waals surface area contributed by atoms with Gasteiger partial charge in [-0.1, -0.05) is 0 Å². The van der Waals surface area contributed by atoms with Crippen molar-refractivity contribution in [3.8, 4) is 11.3 Å². The van der Waals surface area contributed by atoms with Crippen molar-refractivity contribution in [1.82, 2.24) is 24.3 Å². The van der Waals surface area contributed by atoms with Gasteiger partial charge in [-0.2, -0.15) is 0 Å². The van der Waals surface area contributed by atoms with Crippen LogP contribution in [0.3, 0.4) is 0 Å². The molecule has 2 saturated carbocycles. The molecule has 11 nitrogen and oxygen atoms in total. The lowest BCUT2D eigenvalue weighted by atomic mass is 9.73. The van der Waals surface area contributed by atoms with E-state index in [0.29, 0.717) is 54.8 Å². The number of ether oxygens (including phenoxy) is 1. The molecule has 3 aliphatic rings. The fourth-order valence-electron chi connectivity index (χ4n) is 6.70. The van der Waals surface area contributed by atoms with Crippen molar-refractivity contribution >= 4 is 29.0 Å². The van der Waals surface area contributed by atoms with Gasteiger partial charge in [0.2, 0.25) is 0 Å². The monoisotopic (exact) mass is 613 g/mol. The highest BCUT2D eigenvalue weighted by atomic mass is 19.1. The molecule has 1 saturated heterocycles. The first kappa shape index (κ1) is 29.3. The molecule has 3 fully saturated rings. The number of anilines is 2. The van der Waals surface area contributed by atoms with Gasteiger partial charge in [-0.05, 0) is 87.3 Å². The third kappa shape index (κ3) is 5.64.